The minimum atomic E-state index is -2.71. The zero-order valence-electron chi connectivity index (χ0n) is 18.7. The SMILES string of the molecule is Cc1cc(-c2nnc(C(=O)N3CCc4[nH]cnc4C3c3cc4cccc(C(F)F)n4n3)o2)nn1C. The van der Waals surface area contributed by atoms with Gasteiger partial charge in [-0.2, -0.15) is 10.2 Å². The fourth-order valence-electron chi connectivity index (χ4n) is 4.35. The highest BCUT2D eigenvalue weighted by molar-refractivity contribution is 5.90. The summed E-state index contributed by atoms with van der Waals surface area (Å²) < 4.78 is 35.6. The Morgan fingerprint density at radius 2 is 2.09 bits per heavy atom. The van der Waals surface area contributed by atoms with Crippen molar-refractivity contribution in [3.8, 4) is 11.6 Å². The predicted molar refractivity (Wildman–Crippen MR) is 117 cm³/mol. The molecule has 1 unspecified atom stereocenters. The maximum Gasteiger partial charge on any atom is 0.312 e. The number of pyridine rings is 1. The van der Waals surface area contributed by atoms with Crippen LogP contribution in [0.3, 0.4) is 0 Å². The first kappa shape index (κ1) is 21.1. The first-order valence-corrected chi connectivity index (χ1v) is 10.8. The first-order chi connectivity index (χ1) is 16.9. The number of aromatic nitrogens is 8. The van der Waals surface area contributed by atoms with Gasteiger partial charge in [0.05, 0.1) is 23.2 Å². The van der Waals surface area contributed by atoms with Gasteiger partial charge in [0.15, 0.2) is 0 Å². The molecule has 0 aromatic carbocycles. The molecular formula is C22H19F2N9O2. The van der Waals surface area contributed by atoms with Gasteiger partial charge in [0.25, 0.3) is 12.3 Å². The molecule has 1 amide bonds. The number of imidazole rings is 1. The van der Waals surface area contributed by atoms with E-state index in [2.05, 4.69) is 30.4 Å². The summed E-state index contributed by atoms with van der Waals surface area (Å²) in [5.74, 6) is -0.592. The van der Waals surface area contributed by atoms with Gasteiger partial charge < -0.3 is 14.3 Å². The van der Waals surface area contributed by atoms with Gasteiger partial charge in [0.2, 0.25) is 0 Å². The standard InChI is InChI=1S/C22H19F2N9O2/c1-11-8-15(29-31(11)2)20-27-28-21(35-20)22(34)32-7-6-13-17(26-10-25-13)18(32)14-9-12-4-3-5-16(19(23)24)33(12)30-14/h3-5,8-10,18-19H,6-7H2,1-2H3,(H,25,26). The van der Waals surface area contributed by atoms with Crippen molar-refractivity contribution in [3.63, 3.8) is 0 Å². The van der Waals surface area contributed by atoms with E-state index < -0.39 is 18.4 Å². The van der Waals surface area contributed by atoms with Crippen molar-refractivity contribution in [3.05, 3.63) is 71.0 Å². The number of rotatable bonds is 4. The van der Waals surface area contributed by atoms with E-state index in [1.807, 2.05) is 6.92 Å². The number of fused-ring (bicyclic) bond motifs is 2. The molecular weight excluding hydrogens is 460 g/mol. The van der Waals surface area contributed by atoms with Gasteiger partial charge in [0, 0.05) is 31.4 Å². The van der Waals surface area contributed by atoms with Gasteiger partial charge in [-0.3, -0.25) is 9.48 Å². The molecule has 0 saturated heterocycles. The third-order valence-corrected chi connectivity index (χ3v) is 6.16. The normalized spacial score (nSPS) is 15.8. The highest BCUT2D eigenvalue weighted by Gasteiger charge is 2.38. The Morgan fingerprint density at radius 1 is 1.23 bits per heavy atom. The minimum Gasteiger partial charge on any atom is -0.411 e. The Kier molecular flexibility index (Phi) is 4.72. The summed E-state index contributed by atoms with van der Waals surface area (Å²) in [5, 5.41) is 16.7. The van der Waals surface area contributed by atoms with Crippen molar-refractivity contribution in [1.82, 2.24) is 44.5 Å². The minimum absolute atomic E-state index is 0.125. The van der Waals surface area contributed by atoms with Crippen LogP contribution in [0.5, 0.6) is 0 Å². The van der Waals surface area contributed by atoms with Crippen LogP contribution in [0.2, 0.25) is 0 Å². The van der Waals surface area contributed by atoms with Crippen LogP contribution < -0.4 is 0 Å². The molecule has 1 atom stereocenters. The first-order valence-electron chi connectivity index (χ1n) is 10.8. The molecule has 1 aliphatic rings. The van der Waals surface area contributed by atoms with Crippen LogP contribution in [0.15, 0.2) is 41.1 Å². The van der Waals surface area contributed by atoms with Gasteiger partial charge in [-0.15, -0.1) is 10.2 Å². The predicted octanol–water partition coefficient (Wildman–Crippen LogP) is 2.87. The van der Waals surface area contributed by atoms with E-state index in [4.69, 9.17) is 4.42 Å². The van der Waals surface area contributed by atoms with Gasteiger partial charge in [-0.05, 0) is 31.2 Å². The van der Waals surface area contributed by atoms with E-state index in [1.54, 1.807) is 42.3 Å². The summed E-state index contributed by atoms with van der Waals surface area (Å²) in [7, 11) is 1.79. The largest absolute Gasteiger partial charge is 0.411 e. The number of alkyl halides is 2. The molecule has 1 N–H and O–H groups in total. The fourth-order valence-corrected chi connectivity index (χ4v) is 4.35. The quantitative estimate of drug-likeness (QED) is 0.420. The Balaban J connectivity index is 1.41. The molecule has 0 spiro atoms. The molecule has 0 fully saturated rings. The molecule has 35 heavy (non-hydrogen) atoms. The Bertz CT molecular complexity index is 1540. The number of halogens is 2. The average Bonchev–Trinajstić information content (AvgIpc) is 3.63. The van der Waals surface area contributed by atoms with Crippen LogP contribution in [-0.4, -0.2) is 56.9 Å². The third kappa shape index (κ3) is 3.38. The maximum atomic E-state index is 13.6. The van der Waals surface area contributed by atoms with Crippen LogP contribution in [0.25, 0.3) is 17.1 Å². The number of H-pyrrole nitrogens is 1. The lowest BCUT2D eigenvalue weighted by Gasteiger charge is -2.32. The summed E-state index contributed by atoms with van der Waals surface area (Å²) in [4.78, 5) is 22.6. The zero-order valence-corrected chi connectivity index (χ0v) is 18.7. The highest BCUT2D eigenvalue weighted by Crippen LogP contribution is 2.35. The van der Waals surface area contributed by atoms with Crippen LogP contribution >= 0.6 is 0 Å². The summed E-state index contributed by atoms with van der Waals surface area (Å²) in [6.45, 7) is 2.20. The van der Waals surface area contributed by atoms with Crippen molar-refractivity contribution < 1.29 is 18.0 Å². The Hall–Kier alpha value is -4.42. The summed E-state index contributed by atoms with van der Waals surface area (Å²) in [6, 6.07) is 7.27. The maximum absolute atomic E-state index is 13.6. The molecule has 5 aromatic rings. The van der Waals surface area contributed by atoms with Crippen molar-refractivity contribution >= 4 is 11.4 Å². The number of hydrogen-bond donors (Lipinski definition) is 1. The molecule has 0 radical (unpaired) electrons. The number of aromatic amines is 1. The summed E-state index contributed by atoms with van der Waals surface area (Å²) >= 11 is 0. The topological polar surface area (TPSA) is 123 Å². The number of carbonyl (C=O) groups excluding carboxylic acids is 1. The van der Waals surface area contributed by atoms with Crippen molar-refractivity contribution in [2.75, 3.05) is 6.54 Å². The molecule has 0 bridgehead atoms. The van der Waals surface area contributed by atoms with E-state index in [9.17, 15) is 13.6 Å². The fraction of sp³-hybridized carbons (Fsp3) is 0.273. The van der Waals surface area contributed by atoms with Crippen LogP contribution in [0.1, 0.15) is 51.6 Å². The highest BCUT2D eigenvalue weighted by atomic mass is 19.3. The van der Waals surface area contributed by atoms with E-state index in [0.717, 1.165) is 11.4 Å². The van der Waals surface area contributed by atoms with Crippen LogP contribution in [0, 0.1) is 6.92 Å². The van der Waals surface area contributed by atoms with E-state index in [0.29, 0.717) is 35.6 Å². The lowest BCUT2D eigenvalue weighted by molar-refractivity contribution is 0.0646. The third-order valence-electron chi connectivity index (χ3n) is 6.16. The molecule has 178 valence electrons. The Labute approximate surface area is 196 Å². The monoisotopic (exact) mass is 479 g/mol. The van der Waals surface area contributed by atoms with E-state index >= 15 is 0 Å². The zero-order chi connectivity index (χ0) is 24.3. The molecule has 5 aromatic heterocycles. The molecule has 1 aliphatic heterocycles. The molecule has 6 heterocycles. The second-order valence-electron chi connectivity index (χ2n) is 8.28. The second-order valence-corrected chi connectivity index (χ2v) is 8.28. The summed E-state index contributed by atoms with van der Waals surface area (Å²) in [5.41, 5.74) is 3.44. The summed E-state index contributed by atoms with van der Waals surface area (Å²) in [6.07, 6.45) is -0.642. The van der Waals surface area contributed by atoms with Gasteiger partial charge >= 0.3 is 11.8 Å². The molecule has 0 aliphatic carbocycles. The average molecular weight is 479 g/mol. The lowest BCUT2D eigenvalue weighted by Crippen LogP contribution is -2.41. The number of nitrogens with zero attached hydrogens (tertiary/aromatic N) is 8. The molecule has 13 heteroatoms. The Morgan fingerprint density at radius 3 is 2.86 bits per heavy atom. The van der Waals surface area contributed by atoms with Crippen LogP contribution in [0.4, 0.5) is 8.78 Å². The molecule has 6 rings (SSSR count). The number of hydrogen-bond acceptors (Lipinski definition) is 7. The molecule has 11 nitrogen and oxygen atoms in total. The van der Waals surface area contributed by atoms with Gasteiger partial charge in [-0.25, -0.2) is 18.3 Å². The van der Waals surface area contributed by atoms with E-state index in [1.165, 1.54) is 15.5 Å². The van der Waals surface area contributed by atoms with Crippen molar-refractivity contribution in [2.24, 2.45) is 7.05 Å². The van der Waals surface area contributed by atoms with Gasteiger partial charge in [0.1, 0.15) is 17.4 Å². The molecule has 0 saturated carbocycles. The second kappa shape index (κ2) is 7.82. The van der Waals surface area contributed by atoms with Crippen molar-refractivity contribution in [1.29, 1.82) is 0 Å². The number of aryl methyl sites for hydroxylation is 2. The van der Waals surface area contributed by atoms with Crippen LogP contribution in [-0.2, 0) is 13.5 Å². The van der Waals surface area contributed by atoms with E-state index in [-0.39, 0.29) is 17.5 Å². The van der Waals surface area contributed by atoms with Gasteiger partial charge in [-0.1, -0.05) is 6.07 Å². The number of nitrogens with one attached hydrogen (secondary N) is 1. The van der Waals surface area contributed by atoms with Crippen molar-refractivity contribution in [2.45, 2.75) is 25.8 Å². The lowest BCUT2D eigenvalue weighted by atomic mass is 9.99. The smallest absolute Gasteiger partial charge is 0.312 e. The number of amides is 1. The number of carbonyl (C=O) groups is 1.